The minimum Gasteiger partial charge on any atom is -0.419 e. The van der Waals surface area contributed by atoms with E-state index in [0.29, 0.717) is 11.8 Å². The molecule has 0 radical (unpaired) electrons. The Kier molecular flexibility index (Phi) is 4.33. The zero-order chi connectivity index (χ0) is 13.7. The summed E-state index contributed by atoms with van der Waals surface area (Å²) in [6.45, 7) is 6.90. The van der Waals surface area contributed by atoms with Crippen LogP contribution in [0.4, 0.5) is 5.82 Å². The van der Waals surface area contributed by atoms with Crippen molar-refractivity contribution >= 4 is 5.82 Å². The van der Waals surface area contributed by atoms with Gasteiger partial charge in [0.1, 0.15) is 12.1 Å². The van der Waals surface area contributed by atoms with Gasteiger partial charge < -0.3 is 10.1 Å². The van der Waals surface area contributed by atoms with Gasteiger partial charge in [-0.3, -0.25) is 5.10 Å². The van der Waals surface area contributed by atoms with E-state index >= 15 is 0 Å². The van der Waals surface area contributed by atoms with E-state index in [-0.39, 0.29) is 0 Å². The van der Waals surface area contributed by atoms with Crippen molar-refractivity contribution in [2.45, 2.75) is 33.6 Å². The van der Waals surface area contributed by atoms with Crippen LogP contribution in [0.25, 0.3) is 0 Å². The van der Waals surface area contributed by atoms with Crippen molar-refractivity contribution in [1.29, 1.82) is 0 Å². The van der Waals surface area contributed by atoms with Gasteiger partial charge in [-0.25, -0.2) is 9.97 Å². The predicted octanol–water partition coefficient (Wildman–Crippen LogP) is 2.68. The molecule has 0 saturated carbocycles. The zero-order valence-corrected chi connectivity index (χ0v) is 11.5. The number of nitrogens with one attached hydrogen (secondary N) is 2. The van der Waals surface area contributed by atoms with Gasteiger partial charge in [0.15, 0.2) is 0 Å². The fourth-order valence-corrected chi connectivity index (χ4v) is 1.82. The maximum Gasteiger partial charge on any atom is 0.240 e. The van der Waals surface area contributed by atoms with Gasteiger partial charge >= 0.3 is 0 Å². The second-order valence-electron chi connectivity index (χ2n) is 4.28. The summed E-state index contributed by atoms with van der Waals surface area (Å²) in [5.41, 5.74) is 1.94. The number of anilines is 1. The monoisotopic (exact) mass is 261 g/mol. The highest BCUT2D eigenvalue weighted by Crippen LogP contribution is 2.27. The summed E-state index contributed by atoms with van der Waals surface area (Å²) in [6, 6.07) is 1.84. The van der Waals surface area contributed by atoms with Crippen molar-refractivity contribution in [2.24, 2.45) is 0 Å². The molecule has 19 heavy (non-hydrogen) atoms. The molecule has 6 heteroatoms. The molecule has 2 aromatic rings. The third-order valence-electron chi connectivity index (χ3n) is 2.63. The zero-order valence-electron chi connectivity index (χ0n) is 11.5. The van der Waals surface area contributed by atoms with Crippen molar-refractivity contribution in [3.05, 3.63) is 23.7 Å². The molecule has 2 heterocycles. The van der Waals surface area contributed by atoms with Gasteiger partial charge in [0.2, 0.25) is 11.8 Å². The summed E-state index contributed by atoms with van der Waals surface area (Å²) in [6.07, 6.45) is 3.37. The molecular formula is C13H19N5O. The fourth-order valence-electron chi connectivity index (χ4n) is 1.82. The Bertz CT molecular complexity index is 538. The maximum absolute atomic E-state index is 5.74. The Balaban J connectivity index is 2.29. The van der Waals surface area contributed by atoms with Gasteiger partial charge in [0, 0.05) is 18.3 Å². The molecule has 0 unspecified atom stereocenters. The van der Waals surface area contributed by atoms with Crippen LogP contribution in [0, 0.1) is 6.92 Å². The molecular weight excluding hydrogens is 242 g/mol. The molecule has 2 N–H and O–H groups in total. The molecule has 2 rings (SSSR count). The number of aromatic nitrogens is 4. The van der Waals surface area contributed by atoms with Gasteiger partial charge in [-0.1, -0.05) is 13.3 Å². The van der Waals surface area contributed by atoms with Gasteiger partial charge in [-0.15, -0.1) is 5.10 Å². The van der Waals surface area contributed by atoms with E-state index < -0.39 is 0 Å². The van der Waals surface area contributed by atoms with Gasteiger partial charge in [0.25, 0.3) is 0 Å². The molecule has 102 valence electrons. The molecule has 0 bridgehead atoms. The van der Waals surface area contributed by atoms with E-state index in [0.717, 1.165) is 36.5 Å². The van der Waals surface area contributed by atoms with Crippen molar-refractivity contribution < 1.29 is 4.74 Å². The lowest BCUT2D eigenvalue weighted by Crippen LogP contribution is -2.06. The highest BCUT2D eigenvalue weighted by atomic mass is 16.5. The minimum atomic E-state index is 0.524. The summed E-state index contributed by atoms with van der Waals surface area (Å²) < 4.78 is 5.74. The summed E-state index contributed by atoms with van der Waals surface area (Å²) in [5.74, 6) is 1.93. The van der Waals surface area contributed by atoms with E-state index in [4.69, 9.17) is 4.74 Å². The lowest BCUT2D eigenvalue weighted by molar-refractivity contribution is 0.436. The maximum atomic E-state index is 5.74. The summed E-state index contributed by atoms with van der Waals surface area (Å²) in [4.78, 5) is 8.48. The van der Waals surface area contributed by atoms with Crippen LogP contribution in [0.5, 0.6) is 11.8 Å². The first-order chi connectivity index (χ1) is 9.24. The van der Waals surface area contributed by atoms with Crippen LogP contribution >= 0.6 is 0 Å². The Labute approximate surface area is 112 Å². The first kappa shape index (κ1) is 13.3. The lowest BCUT2D eigenvalue weighted by atomic mass is 10.1. The molecule has 0 aliphatic rings. The Morgan fingerprint density at radius 3 is 2.79 bits per heavy atom. The molecule has 0 aliphatic carbocycles. The van der Waals surface area contributed by atoms with Crippen LogP contribution in [0.3, 0.4) is 0 Å². The normalized spacial score (nSPS) is 10.5. The fraction of sp³-hybridized carbons (Fsp3) is 0.462. The predicted molar refractivity (Wildman–Crippen MR) is 73.6 cm³/mol. The first-order valence-corrected chi connectivity index (χ1v) is 6.52. The molecule has 6 nitrogen and oxygen atoms in total. The highest BCUT2D eigenvalue weighted by Gasteiger charge is 2.13. The number of H-pyrrole nitrogens is 1. The van der Waals surface area contributed by atoms with Gasteiger partial charge in [0.05, 0.1) is 5.56 Å². The van der Waals surface area contributed by atoms with Crippen molar-refractivity contribution in [1.82, 2.24) is 20.2 Å². The third-order valence-corrected chi connectivity index (χ3v) is 2.63. The SMILES string of the molecule is CCCc1c(NCC)ncnc1Oc1cc(C)[nH]n1. The third kappa shape index (κ3) is 3.21. The smallest absolute Gasteiger partial charge is 0.240 e. The van der Waals surface area contributed by atoms with E-state index in [1.807, 2.05) is 19.9 Å². The van der Waals surface area contributed by atoms with Crippen LogP contribution in [0.15, 0.2) is 12.4 Å². The van der Waals surface area contributed by atoms with Crippen LogP contribution < -0.4 is 10.1 Å². The van der Waals surface area contributed by atoms with Gasteiger partial charge in [-0.2, -0.15) is 0 Å². The molecule has 0 saturated heterocycles. The van der Waals surface area contributed by atoms with Crippen LogP contribution in [-0.4, -0.2) is 26.7 Å². The molecule has 0 fully saturated rings. The molecule has 0 aromatic carbocycles. The molecule has 0 spiro atoms. The number of nitrogens with zero attached hydrogens (tertiary/aromatic N) is 3. The van der Waals surface area contributed by atoms with Crippen molar-refractivity contribution in [3.63, 3.8) is 0 Å². The lowest BCUT2D eigenvalue weighted by Gasteiger charge is -2.12. The number of aromatic amines is 1. The summed E-state index contributed by atoms with van der Waals surface area (Å²) >= 11 is 0. The second-order valence-corrected chi connectivity index (χ2v) is 4.28. The molecule has 0 atom stereocenters. The Morgan fingerprint density at radius 1 is 1.32 bits per heavy atom. The first-order valence-electron chi connectivity index (χ1n) is 6.52. The number of hydrogen-bond acceptors (Lipinski definition) is 5. The second kappa shape index (κ2) is 6.17. The summed E-state index contributed by atoms with van der Waals surface area (Å²) in [5, 5.41) is 10.1. The van der Waals surface area contributed by atoms with E-state index in [1.165, 1.54) is 6.33 Å². The van der Waals surface area contributed by atoms with E-state index in [9.17, 15) is 0 Å². The topological polar surface area (TPSA) is 75.7 Å². The molecule has 0 amide bonds. The standard InChI is InChI=1S/C13H19N5O/c1-4-6-10-12(14-5-2)15-8-16-13(10)19-11-7-9(3)17-18-11/h7-8H,4-6H2,1-3H3,(H,17,18)(H,14,15,16). The molecule has 2 aromatic heterocycles. The number of rotatable bonds is 6. The van der Waals surface area contributed by atoms with Crippen LogP contribution in [0.1, 0.15) is 31.5 Å². The summed E-state index contributed by atoms with van der Waals surface area (Å²) in [7, 11) is 0. The van der Waals surface area contributed by atoms with E-state index in [1.54, 1.807) is 0 Å². The van der Waals surface area contributed by atoms with Crippen molar-refractivity contribution in [2.75, 3.05) is 11.9 Å². The van der Waals surface area contributed by atoms with E-state index in [2.05, 4.69) is 32.4 Å². The average molecular weight is 261 g/mol. The Hall–Kier alpha value is -2.11. The van der Waals surface area contributed by atoms with Crippen molar-refractivity contribution in [3.8, 4) is 11.8 Å². The number of ether oxygens (including phenoxy) is 1. The minimum absolute atomic E-state index is 0.524. The number of aryl methyl sites for hydroxylation is 1. The molecule has 0 aliphatic heterocycles. The average Bonchev–Trinajstić information content (AvgIpc) is 2.79. The Morgan fingerprint density at radius 2 is 2.16 bits per heavy atom. The largest absolute Gasteiger partial charge is 0.419 e. The van der Waals surface area contributed by atoms with Gasteiger partial charge in [-0.05, 0) is 20.3 Å². The van der Waals surface area contributed by atoms with Crippen LogP contribution in [0.2, 0.25) is 0 Å². The quantitative estimate of drug-likeness (QED) is 0.836. The highest BCUT2D eigenvalue weighted by molar-refractivity contribution is 5.49. The van der Waals surface area contributed by atoms with Crippen LogP contribution in [-0.2, 0) is 6.42 Å². The number of hydrogen-bond donors (Lipinski definition) is 2.